The van der Waals surface area contributed by atoms with Crippen LogP contribution in [0, 0.1) is 0 Å². The standard InChI is InChI=1S/C44H34N2/c1-2-14-36(15-3-1)46-43-26-22-33(40-19-9-13-31-11-5-7-17-38(31)40)28-41(43)42-29-35(25-27-44(42)46)45-34-23-20-32(21-24-34)39-18-8-12-30-10-4-6-16-37(30)39/h1-4,6,8-10,12-16,18-29,45H,5,7,11,17H2. The van der Waals surface area contributed by atoms with Crippen LogP contribution in [0.1, 0.15) is 24.0 Å². The monoisotopic (exact) mass is 590 g/mol. The van der Waals surface area contributed by atoms with Crippen molar-refractivity contribution in [1.29, 1.82) is 0 Å². The van der Waals surface area contributed by atoms with Crippen molar-refractivity contribution in [2.45, 2.75) is 25.7 Å². The first-order valence-corrected chi connectivity index (χ1v) is 16.4. The minimum atomic E-state index is 1.08. The van der Waals surface area contributed by atoms with Crippen LogP contribution in [0.2, 0.25) is 0 Å². The molecule has 0 unspecified atom stereocenters. The van der Waals surface area contributed by atoms with Gasteiger partial charge in [0.2, 0.25) is 0 Å². The third-order valence-corrected chi connectivity index (χ3v) is 9.76. The maximum atomic E-state index is 3.70. The van der Waals surface area contributed by atoms with E-state index >= 15 is 0 Å². The van der Waals surface area contributed by atoms with Gasteiger partial charge in [-0.15, -0.1) is 0 Å². The lowest BCUT2D eigenvalue weighted by molar-refractivity contribution is 0.687. The Labute approximate surface area is 269 Å². The third-order valence-electron chi connectivity index (χ3n) is 9.76. The number of benzene rings is 7. The maximum Gasteiger partial charge on any atom is 0.0542 e. The molecule has 0 radical (unpaired) electrons. The molecule has 9 rings (SSSR count). The summed E-state index contributed by atoms with van der Waals surface area (Å²) in [6.07, 6.45) is 4.93. The molecule has 0 fully saturated rings. The van der Waals surface area contributed by atoms with Crippen LogP contribution in [-0.4, -0.2) is 4.57 Å². The molecule has 1 aliphatic rings. The number of aromatic nitrogens is 1. The van der Waals surface area contributed by atoms with E-state index in [9.17, 15) is 0 Å². The molecule has 8 aromatic rings. The Kier molecular flexibility index (Phi) is 6.45. The number of rotatable bonds is 5. The molecule has 1 N–H and O–H groups in total. The van der Waals surface area contributed by atoms with E-state index in [1.165, 1.54) is 97.3 Å². The number of hydrogen-bond donors (Lipinski definition) is 1. The number of hydrogen-bond acceptors (Lipinski definition) is 1. The van der Waals surface area contributed by atoms with Gasteiger partial charge < -0.3 is 9.88 Å². The molecule has 7 aromatic carbocycles. The van der Waals surface area contributed by atoms with E-state index in [1.807, 2.05) is 0 Å². The summed E-state index contributed by atoms with van der Waals surface area (Å²) in [4.78, 5) is 0. The number of nitrogens with zero attached hydrogens (tertiary/aromatic N) is 1. The molecule has 0 bridgehead atoms. The second kappa shape index (κ2) is 11.1. The molecule has 46 heavy (non-hydrogen) atoms. The van der Waals surface area contributed by atoms with Gasteiger partial charge in [0, 0.05) is 27.8 Å². The van der Waals surface area contributed by atoms with Crippen LogP contribution in [0.25, 0.3) is 60.5 Å². The normalized spacial score (nSPS) is 12.9. The van der Waals surface area contributed by atoms with Gasteiger partial charge in [-0.05, 0) is 124 Å². The number of nitrogens with one attached hydrogen (secondary N) is 1. The summed E-state index contributed by atoms with van der Waals surface area (Å²) in [6, 6.07) is 55.4. The van der Waals surface area contributed by atoms with E-state index in [-0.39, 0.29) is 0 Å². The van der Waals surface area contributed by atoms with E-state index in [0.717, 1.165) is 11.4 Å². The Hall–Kier alpha value is -5.60. The summed E-state index contributed by atoms with van der Waals surface area (Å²) in [5.41, 5.74) is 14.0. The van der Waals surface area contributed by atoms with Crippen molar-refractivity contribution in [2.75, 3.05) is 5.32 Å². The first-order chi connectivity index (χ1) is 22.8. The summed E-state index contributed by atoms with van der Waals surface area (Å²) in [5, 5.41) is 8.78. The molecule has 1 aliphatic carbocycles. The first-order valence-electron chi connectivity index (χ1n) is 16.4. The highest BCUT2D eigenvalue weighted by Gasteiger charge is 2.17. The highest BCUT2D eigenvalue weighted by Crippen LogP contribution is 2.39. The largest absolute Gasteiger partial charge is 0.356 e. The predicted molar refractivity (Wildman–Crippen MR) is 196 cm³/mol. The second-order valence-electron chi connectivity index (χ2n) is 12.5. The minimum absolute atomic E-state index is 1.08. The van der Waals surface area contributed by atoms with Crippen molar-refractivity contribution in [1.82, 2.24) is 4.57 Å². The highest BCUT2D eigenvalue weighted by atomic mass is 15.0. The Morgan fingerprint density at radius 3 is 2.02 bits per heavy atom. The lowest BCUT2D eigenvalue weighted by Gasteiger charge is -2.19. The van der Waals surface area contributed by atoms with Crippen LogP contribution in [0.5, 0.6) is 0 Å². The number of para-hydroxylation sites is 1. The fraction of sp³-hybridized carbons (Fsp3) is 0.0909. The van der Waals surface area contributed by atoms with E-state index in [4.69, 9.17) is 0 Å². The molecule has 2 heteroatoms. The Balaban J connectivity index is 1.13. The molecule has 0 aliphatic heterocycles. The number of aryl methyl sites for hydroxylation is 1. The topological polar surface area (TPSA) is 17.0 Å². The zero-order valence-electron chi connectivity index (χ0n) is 25.7. The van der Waals surface area contributed by atoms with E-state index in [1.54, 1.807) is 0 Å². The third kappa shape index (κ3) is 4.57. The molecule has 1 aromatic heterocycles. The SMILES string of the molecule is c1ccc(-n2c3ccc(Nc4ccc(-c5cccc6ccccc56)cc4)cc3c3cc(-c4cccc5c4CCCC5)ccc32)cc1. The van der Waals surface area contributed by atoms with Gasteiger partial charge in [-0.1, -0.05) is 97.1 Å². The summed E-state index contributed by atoms with van der Waals surface area (Å²) in [7, 11) is 0. The molecule has 0 atom stereocenters. The van der Waals surface area contributed by atoms with Crippen molar-refractivity contribution in [3.8, 4) is 27.9 Å². The summed E-state index contributed by atoms with van der Waals surface area (Å²) >= 11 is 0. The smallest absolute Gasteiger partial charge is 0.0542 e. The Bertz CT molecular complexity index is 2370. The molecule has 1 heterocycles. The molecular formula is C44H34N2. The highest BCUT2D eigenvalue weighted by molar-refractivity contribution is 6.11. The molecule has 0 saturated heterocycles. The number of anilines is 2. The minimum Gasteiger partial charge on any atom is -0.356 e. The van der Waals surface area contributed by atoms with E-state index < -0.39 is 0 Å². The van der Waals surface area contributed by atoms with Crippen molar-refractivity contribution in [3.63, 3.8) is 0 Å². The van der Waals surface area contributed by atoms with E-state index in [0.29, 0.717) is 0 Å². The van der Waals surface area contributed by atoms with Crippen molar-refractivity contribution in [2.24, 2.45) is 0 Å². The zero-order valence-corrected chi connectivity index (χ0v) is 25.7. The van der Waals surface area contributed by atoms with Crippen LogP contribution < -0.4 is 5.32 Å². The average Bonchev–Trinajstić information content (AvgIpc) is 3.45. The molecular weight excluding hydrogens is 556 g/mol. The van der Waals surface area contributed by atoms with Crippen molar-refractivity contribution < 1.29 is 0 Å². The molecule has 0 spiro atoms. The fourth-order valence-electron chi connectivity index (χ4n) is 7.55. The molecule has 0 amide bonds. The maximum absolute atomic E-state index is 3.70. The number of fused-ring (bicyclic) bond motifs is 5. The van der Waals surface area contributed by atoms with Crippen LogP contribution >= 0.6 is 0 Å². The molecule has 2 nitrogen and oxygen atoms in total. The Morgan fingerprint density at radius 2 is 1.13 bits per heavy atom. The quantitative estimate of drug-likeness (QED) is 0.211. The second-order valence-corrected chi connectivity index (χ2v) is 12.5. The summed E-state index contributed by atoms with van der Waals surface area (Å²) < 4.78 is 2.40. The van der Waals surface area contributed by atoms with Gasteiger partial charge in [0.05, 0.1) is 11.0 Å². The fourth-order valence-corrected chi connectivity index (χ4v) is 7.55. The van der Waals surface area contributed by atoms with Gasteiger partial charge in [0.25, 0.3) is 0 Å². The first kappa shape index (κ1) is 26.8. The van der Waals surface area contributed by atoms with Gasteiger partial charge in [-0.2, -0.15) is 0 Å². The summed E-state index contributed by atoms with van der Waals surface area (Å²) in [5.74, 6) is 0. The Morgan fingerprint density at radius 1 is 0.457 bits per heavy atom. The lowest BCUT2D eigenvalue weighted by atomic mass is 9.86. The van der Waals surface area contributed by atoms with Gasteiger partial charge in [0.1, 0.15) is 0 Å². The zero-order chi connectivity index (χ0) is 30.5. The van der Waals surface area contributed by atoms with E-state index in [2.05, 4.69) is 162 Å². The van der Waals surface area contributed by atoms with Crippen LogP contribution in [0.4, 0.5) is 11.4 Å². The van der Waals surface area contributed by atoms with Crippen LogP contribution in [-0.2, 0) is 12.8 Å². The molecule has 0 saturated carbocycles. The van der Waals surface area contributed by atoms with Gasteiger partial charge in [-0.3, -0.25) is 0 Å². The predicted octanol–water partition coefficient (Wildman–Crippen LogP) is 11.9. The lowest BCUT2D eigenvalue weighted by Crippen LogP contribution is -2.04. The van der Waals surface area contributed by atoms with Crippen molar-refractivity contribution >= 4 is 44.0 Å². The van der Waals surface area contributed by atoms with Gasteiger partial charge >= 0.3 is 0 Å². The molecule has 220 valence electrons. The van der Waals surface area contributed by atoms with Crippen LogP contribution in [0.3, 0.4) is 0 Å². The van der Waals surface area contributed by atoms with Crippen molar-refractivity contribution in [3.05, 3.63) is 163 Å². The van der Waals surface area contributed by atoms with Gasteiger partial charge in [-0.25, -0.2) is 0 Å². The average molecular weight is 591 g/mol. The summed E-state index contributed by atoms with van der Waals surface area (Å²) in [6.45, 7) is 0. The van der Waals surface area contributed by atoms with Gasteiger partial charge in [0.15, 0.2) is 0 Å². The van der Waals surface area contributed by atoms with Crippen LogP contribution in [0.15, 0.2) is 152 Å².